The molecule has 0 aliphatic carbocycles. The van der Waals surface area contributed by atoms with Gasteiger partial charge in [-0.1, -0.05) is 13.0 Å². The van der Waals surface area contributed by atoms with Crippen molar-refractivity contribution in [3.63, 3.8) is 0 Å². The highest BCUT2D eigenvalue weighted by Gasteiger charge is 2.14. The SMILES string of the molecule is CCC(CC#N)n1ccnc1-c1cccs1. The van der Waals surface area contributed by atoms with E-state index in [0.29, 0.717) is 6.42 Å². The van der Waals surface area contributed by atoms with Gasteiger partial charge in [0.05, 0.1) is 17.4 Å². The molecule has 16 heavy (non-hydrogen) atoms. The van der Waals surface area contributed by atoms with Crippen LogP contribution in [-0.4, -0.2) is 9.55 Å². The molecular formula is C12H13N3S. The van der Waals surface area contributed by atoms with Gasteiger partial charge < -0.3 is 4.57 Å². The molecule has 0 fully saturated rings. The largest absolute Gasteiger partial charge is 0.326 e. The van der Waals surface area contributed by atoms with E-state index in [4.69, 9.17) is 5.26 Å². The third-order valence-corrected chi connectivity index (χ3v) is 3.47. The van der Waals surface area contributed by atoms with E-state index in [1.807, 2.05) is 17.6 Å². The smallest absolute Gasteiger partial charge is 0.150 e. The lowest BCUT2D eigenvalue weighted by Crippen LogP contribution is -2.07. The lowest BCUT2D eigenvalue weighted by Gasteiger charge is -2.15. The molecule has 0 amide bonds. The van der Waals surface area contributed by atoms with E-state index in [9.17, 15) is 0 Å². The van der Waals surface area contributed by atoms with Crippen molar-refractivity contribution in [2.24, 2.45) is 0 Å². The van der Waals surface area contributed by atoms with Crippen LogP contribution in [0.3, 0.4) is 0 Å². The summed E-state index contributed by atoms with van der Waals surface area (Å²) in [5.74, 6) is 0.970. The summed E-state index contributed by atoms with van der Waals surface area (Å²) >= 11 is 1.67. The highest BCUT2D eigenvalue weighted by atomic mass is 32.1. The Morgan fingerprint density at radius 3 is 3.12 bits per heavy atom. The molecule has 3 nitrogen and oxygen atoms in total. The number of rotatable bonds is 4. The molecule has 0 radical (unpaired) electrons. The molecule has 1 unspecified atom stereocenters. The summed E-state index contributed by atoms with van der Waals surface area (Å²) in [7, 11) is 0. The Hall–Kier alpha value is -1.60. The molecule has 0 bridgehead atoms. The topological polar surface area (TPSA) is 41.6 Å². The Morgan fingerprint density at radius 2 is 2.50 bits per heavy atom. The van der Waals surface area contributed by atoms with Crippen molar-refractivity contribution in [3.05, 3.63) is 29.9 Å². The fraction of sp³-hybridized carbons (Fsp3) is 0.333. The zero-order valence-corrected chi connectivity index (χ0v) is 9.94. The van der Waals surface area contributed by atoms with Crippen LogP contribution in [0.15, 0.2) is 29.9 Å². The molecule has 0 saturated heterocycles. The Balaban J connectivity index is 2.36. The lowest BCUT2D eigenvalue weighted by molar-refractivity contribution is 0.501. The summed E-state index contributed by atoms with van der Waals surface area (Å²) < 4.78 is 2.11. The number of imidazole rings is 1. The minimum absolute atomic E-state index is 0.226. The Morgan fingerprint density at radius 1 is 1.62 bits per heavy atom. The molecule has 2 aromatic heterocycles. The first-order valence-electron chi connectivity index (χ1n) is 5.30. The van der Waals surface area contributed by atoms with Gasteiger partial charge in [-0.3, -0.25) is 0 Å². The zero-order chi connectivity index (χ0) is 11.4. The van der Waals surface area contributed by atoms with Crippen LogP contribution in [0.2, 0.25) is 0 Å². The van der Waals surface area contributed by atoms with Crippen LogP contribution < -0.4 is 0 Å². The third kappa shape index (κ3) is 2.00. The number of aromatic nitrogens is 2. The Labute approximate surface area is 99.0 Å². The predicted octanol–water partition coefficient (Wildman–Crippen LogP) is 3.48. The van der Waals surface area contributed by atoms with E-state index in [-0.39, 0.29) is 6.04 Å². The van der Waals surface area contributed by atoms with Gasteiger partial charge in [0, 0.05) is 18.4 Å². The number of hydrogen-bond acceptors (Lipinski definition) is 3. The van der Waals surface area contributed by atoms with Gasteiger partial charge in [0.1, 0.15) is 5.82 Å². The van der Waals surface area contributed by atoms with Crippen molar-refractivity contribution < 1.29 is 0 Å². The van der Waals surface area contributed by atoms with E-state index < -0.39 is 0 Å². The van der Waals surface area contributed by atoms with E-state index >= 15 is 0 Å². The molecule has 0 aromatic carbocycles. The standard InChI is InChI=1S/C12H13N3S/c1-2-10(5-6-13)15-8-7-14-12(15)11-4-3-9-16-11/h3-4,7-10H,2,5H2,1H3. The summed E-state index contributed by atoms with van der Waals surface area (Å²) in [4.78, 5) is 5.53. The molecule has 2 rings (SSSR count). The van der Waals surface area contributed by atoms with Gasteiger partial charge in [0.2, 0.25) is 0 Å². The first kappa shape index (κ1) is 10.9. The Bertz CT molecular complexity index is 479. The summed E-state index contributed by atoms with van der Waals surface area (Å²) in [5.41, 5.74) is 0. The monoisotopic (exact) mass is 231 g/mol. The average Bonchev–Trinajstić information content (AvgIpc) is 2.94. The van der Waals surface area contributed by atoms with Crippen molar-refractivity contribution in [1.29, 1.82) is 5.26 Å². The second-order valence-corrected chi connectivity index (χ2v) is 4.51. The maximum Gasteiger partial charge on any atom is 0.150 e. The highest BCUT2D eigenvalue weighted by molar-refractivity contribution is 7.13. The molecule has 0 spiro atoms. The van der Waals surface area contributed by atoms with Crippen LogP contribution in [0.1, 0.15) is 25.8 Å². The molecule has 4 heteroatoms. The van der Waals surface area contributed by atoms with Crippen molar-refractivity contribution in [2.45, 2.75) is 25.8 Å². The second-order valence-electron chi connectivity index (χ2n) is 3.56. The molecule has 0 aliphatic heterocycles. The minimum Gasteiger partial charge on any atom is -0.326 e. The van der Waals surface area contributed by atoms with Crippen LogP contribution in [0.25, 0.3) is 10.7 Å². The molecule has 0 saturated carbocycles. The van der Waals surface area contributed by atoms with Crippen LogP contribution >= 0.6 is 11.3 Å². The summed E-state index contributed by atoms with van der Waals surface area (Å²) in [5, 5.41) is 10.8. The number of nitrogens with zero attached hydrogens (tertiary/aromatic N) is 3. The van der Waals surface area contributed by atoms with Crippen LogP contribution in [0.5, 0.6) is 0 Å². The Kier molecular flexibility index (Phi) is 3.37. The van der Waals surface area contributed by atoms with Crippen molar-refractivity contribution in [1.82, 2.24) is 9.55 Å². The number of hydrogen-bond donors (Lipinski definition) is 0. The van der Waals surface area contributed by atoms with E-state index in [0.717, 1.165) is 17.1 Å². The maximum absolute atomic E-state index is 8.81. The highest BCUT2D eigenvalue weighted by Crippen LogP contribution is 2.27. The molecule has 82 valence electrons. The van der Waals surface area contributed by atoms with Gasteiger partial charge in [-0.2, -0.15) is 5.26 Å². The van der Waals surface area contributed by atoms with Gasteiger partial charge in [0.15, 0.2) is 0 Å². The predicted molar refractivity (Wildman–Crippen MR) is 65.1 cm³/mol. The zero-order valence-electron chi connectivity index (χ0n) is 9.13. The summed E-state index contributed by atoms with van der Waals surface area (Å²) in [6.07, 6.45) is 5.24. The first-order valence-corrected chi connectivity index (χ1v) is 6.18. The van der Waals surface area contributed by atoms with Gasteiger partial charge in [-0.15, -0.1) is 11.3 Å². The third-order valence-electron chi connectivity index (χ3n) is 2.60. The lowest BCUT2D eigenvalue weighted by atomic mass is 10.1. The van der Waals surface area contributed by atoms with Crippen molar-refractivity contribution >= 4 is 11.3 Å². The summed E-state index contributed by atoms with van der Waals surface area (Å²) in [6.45, 7) is 2.10. The van der Waals surface area contributed by atoms with Crippen LogP contribution in [-0.2, 0) is 0 Å². The van der Waals surface area contributed by atoms with Crippen LogP contribution in [0.4, 0.5) is 0 Å². The fourth-order valence-corrected chi connectivity index (χ4v) is 2.47. The van der Waals surface area contributed by atoms with Crippen molar-refractivity contribution in [2.75, 3.05) is 0 Å². The van der Waals surface area contributed by atoms with Crippen LogP contribution in [0, 0.1) is 11.3 Å². The quantitative estimate of drug-likeness (QED) is 0.808. The molecule has 2 aromatic rings. The van der Waals surface area contributed by atoms with E-state index in [2.05, 4.69) is 28.6 Å². The first-order chi connectivity index (χ1) is 7.86. The summed E-state index contributed by atoms with van der Waals surface area (Å²) in [6, 6.07) is 6.54. The second kappa shape index (κ2) is 4.95. The molecule has 0 aliphatic rings. The van der Waals surface area contributed by atoms with E-state index in [1.54, 1.807) is 17.5 Å². The van der Waals surface area contributed by atoms with Gasteiger partial charge in [0.25, 0.3) is 0 Å². The fourth-order valence-electron chi connectivity index (χ4n) is 1.75. The molecule has 2 heterocycles. The molecule has 1 atom stereocenters. The molecule has 0 N–H and O–H groups in total. The maximum atomic E-state index is 8.81. The molecular weight excluding hydrogens is 218 g/mol. The van der Waals surface area contributed by atoms with Gasteiger partial charge in [-0.25, -0.2) is 4.98 Å². The number of nitriles is 1. The van der Waals surface area contributed by atoms with Gasteiger partial charge >= 0.3 is 0 Å². The normalized spacial score (nSPS) is 12.2. The van der Waals surface area contributed by atoms with E-state index in [1.165, 1.54) is 0 Å². The van der Waals surface area contributed by atoms with Crippen molar-refractivity contribution in [3.8, 4) is 16.8 Å². The van der Waals surface area contributed by atoms with Gasteiger partial charge in [-0.05, 0) is 17.9 Å². The number of thiophene rings is 1. The minimum atomic E-state index is 0.226. The average molecular weight is 231 g/mol.